The molecule has 0 aliphatic carbocycles. The highest BCUT2D eigenvalue weighted by molar-refractivity contribution is 5.92. The second kappa shape index (κ2) is 11.5. The summed E-state index contributed by atoms with van der Waals surface area (Å²) in [6, 6.07) is 23.6. The molecule has 0 saturated carbocycles. The molecule has 0 radical (unpaired) electrons. The lowest BCUT2D eigenvalue weighted by Crippen LogP contribution is -2.30. The fourth-order valence-corrected chi connectivity index (χ4v) is 3.26. The zero-order valence-electron chi connectivity index (χ0n) is 19.3. The Kier molecular flexibility index (Phi) is 7.75. The first kappa shape index (κ1) is 23.6. The number of oxazole rings is 1. The lowest BCUT2D eigenvalue weighted by atomic mass is 10.1. The quantitative estimate of drug-likeness (QED) is 0.318. The third-order valence-electron chi connectivity index (χ3n) is 5.04. The minimum atomic E-state index is -0.355. The van der Waals surface area contributed by atoms with Gasteiger partial charge in [0, 0.05) is 36.0 Å². The molecule has 1 heterocycles. The van der Waals surface area contributed by atoms with Crippen LogP contribution in [0.1, 0.15) is 11.3 Å². The van der Waals surface area contributed by atoms with E-state index in [0.717, 1.165) is 11.3 Å². The number of benzene rings is 3. The van der Waals surface area contributed by atoms with Crippen molar-refractivity contribution < 1.29 is 18.7 Å². The molecule has 178 valence electrons. The normalized spacial score (nSPS) is 10.4. The minimum Gasteiger partial charge on any atom is -0.484 e. The minimum absolute atomic E-state index is 0.146. The van der Waals surface area contributed by atoms with Crippen molar-refractivity contribution in [1.82, 2.24) is 10.3 Å². The molecular weight excluding hydrogens is 444 g/mol. The van der Waals surface area contributed by atoms with Gasteiger partial charge in [0.15, 0.2) is 6.61 Å². The molecule has 3 amide bonds. The molecule has 0 bridgehead atoms. The van der Waals surface area contributed by atoms with Gasteiger partial charge in [-0.2, -0.15) is 0 Å². The zero-order chi connectivity index (χ0) is 24.5. The first-order chi connectivity index (χ1) is 17.0. The monoisotopic (exact) mass is 470 g/mol. The van der Waals surface area contributed by atoms with Crippen LogP contribution < -0.4 is 20.7 Å². The average Bonchev–Trinajstić information content (AvgIpc) is 3.33. The van der Waals surface area contributed by atoms with E-state index in [1.54, 1.807) is 42.7 Å². The third kappa shape index (κ3) is 7.20. The van der Waals surface area contributed by atoms with Crippen molar-refractivity contribution in [3.05, 3.63) is 96.4 Å². The number of ether oxygens (including phenoxy) is 1. The Morgan fingerprint density at radius 1 is 0.914 bits per heavy atom. The number of anilines is 2. The number of carbonyl (C=O) groups excluding carboxylic acids is 2. The van der Waals surface area contributed by atoms with Gasteiger partial charge >= 0.3 is 6.03 Å². The lowest BCUT2D eigenvalue weighted by Gasteiger charge is -2.10. The van der Waals surface area contributed by atoms with Gasteiger partial charge in [-0.1, -0.05) is 42.0 Å². The van der Waals surface area contributed by atoms with Crippen molar-refractivity contribution in [2.75, 3.05) is 23.8 Å². The molecule has 8 heteroatoms. The third-order valence-corrected chi connectivity index (χ3v) is 5.04. The molecule has 0 aliphatic heterocycles. The topological polar surface area (TPSA) is 105 Å². The van der Waals surface area contributed by atoms with Gasteiger partial charge in [0.05, 0.1) is 5.69 Å². The van der Waals surface area contributed by atoms with Gasteiger partial charge in [-0.05, 0) is 43.3 Å². The van der Waals surface area contributed by atoms with Gasteiger partial charge in [-0.15, -0.1) is 0 Å². The number of aromatic nitrogens is 1. The van der Waals surface area contributed by atoms with Gasteiger partial charge < -0.3 is 25.1 Å². The molecule has 0 saturated heterocycles. The van der Waals surface area contributed by atoms with Crippen molar-refractivity contribution in [2.24, 2.45) is 0 Å². The number of nitrogens with zero attached hydrogens (tertiary/aromatic N) is 1. The fourth-order valence-electron chi connectivity index (χ4n) is 3.26. The molecule has 4 aromatic rings. The number of carbonyl (C=O) groups is 2. The van der Waals surface area contributed by atoms with Crippen molar-refractivity contribution in [3.8, 4) is 17.2 Å². The molecule has 0 spiro atoms. The number of nitrogens with one attached hydrogen (secondary N) is 3. The number of aryl methyl sites for hydroxylation is 1. The Labute approximate surface area is 203 Å². The van der Waals surface area contributed by atoms with E-state index in [1.165, 1.54) is 5.56 Å². The Morgan fingerprint density at radius 2 is 1.69 bits per heavy atom. The molecular formula is C27H26N4O4. The molecule has 0 aliphatic rings. The van der Waals surface area contributed by atoms with E-state index < -0.39 is 0 Å². The summed E-state index contributed by atoms with van der Waals surface area (Å²) >= 11 is 0. The lowest BCUT2D eigenvalue weighted by molar-refractivity contribution is -0.118. The molecule has 1 aromatic heterocycles. The van der Waals surface area contributed by atoms with Gasteiger partial charge in [-0.25, -0.2) is 9.78 Å². The van der Waals surface area contributed by atoms with E-state index in [9.17, 15) is 9.59 Å². The van der Waals surface area contributed by atoms with Crippen molar-refractivity contribution in [2.45, 2.75) is 13.3 Å². The summed E-state index contributed by atoms with van der Waals surface area (Å²) in [6.07, 6.45) is 2.13. The van der Waals surface area contributed by atoms with E-state index in [0.29, 0.717) is 36.0 Å². The number of amides is 3. The summed E-state index contributed by atoms with van der Waals surface area (Å²) in [6.45, 7) is 2.27. The van der Waals surface area contributed by atoms with Crippen LogP contribution in [0.5, 0.6) is 5.75 Å². The molecule has 4 rings (SSSR count). The zero-order valence-corrected chi connectivity index (χ0v) is 19.3. The highest BCUT2D eigenvalue weighted by atomic mass is 16.5. The molecule has 8 nitrogen and oxygen atoms in total. The molecule has 35 heavy (non-hydrogen) atoms. The van der Waals surface area contributed by atoms with Crippen molar-refractivity contribution in [3.63, 3.8) is 0 Å². The maximum absolute atomic E-state index is 12.3. The smallest absolute Gasteiger partial charge is 0.319 e. The second-order valence-electron chi connectivity index (χ2n) is 7.87. The Hall–Kier alpha value is -4.59. The van der Waals surface area contributed by atoms with Crippen LogP contribution >= 0.6 is 0 Å². The predicted octanol–water partition coefficient (Wildman–Crippen LogP) is 5.03. The van der Waals surface area contributed by atoms with Crippen LogP contribution in [-0.4, -0.2) is 30.1 Å². The largest absolute Gasteiger partial charge is 0.484 e. The summed E-state index contributed by atoms with van der Waals surface area (Å²) in [5, 5.41) is 8.31. The number of hydrogen-bond acceptors (Lipinski definition) is 5. The number of hydrogen-bond donors (Lipinski definition) is 3. The summed E-state index contributed by atoms with van der Waals surface area (Å²) in [7, 11) is 0. The Balaban J connectivity index is 1.20. The van der Waals surface area contributed by atoms with Crippen molar-refractivity contribution in [1.29, 1.82) is 0 Å². The van der Waals surface area contributed by atoms with Crippen LogP contribution in [0, 0.1) is 6.92 Å². The molecule has 3 N–H and O–H groups in total. The van der Waals surface area contributed by atoms with Crippen LogP contribution in [0.2, 0.25) is 0 Å². The molecule has 0 fully saturated rings. The number of para-hydroxylation sites is 1. The van der Waals surface area contributed by atoms with Gasteiger partial charge in [0.25, 0.3) is 5.91 Å². The first-order valence-corrected chi connectivity index (χ1v) is 11.2. The van der Waals surface area contributed by atoms with Crippen LogP contribution in [0.4, 0.5) is 16.2 Å². The Morgan fingerprint density at radius 3 is 2.49 bits per heavy atom. The van der Waals surface area contributed by atoms with Crippen LogP contribution in [0.3, 0.4) is 0 Å². The summed E-state index contributed by atoms with van der Waals surface area (Å²) in [4.78, 5) is 28.8. The summed E-state index contributed by atoms with van der Waals surface area (Å²) in [5.74, 6) is 0.752. The molecule has 3 aromatic carbocycles. The maximum atomic E-state index is 12.3. The van der Waals surface area contributed by atoms with Crippen molar-refractivity contribution >= 4 is 23.3 Å². The average molecular weight is 471 g/mol. The van der Waals surface area contributed by atoms with Gasteiger partial charge in [-0.3, -0.25) is 4.79 Å². The highest BCUT2D eigenvalue weighted by Crippen LogP contribution is 2.19. The first-order valence-electron chi connectivity index (χ1n) is 11.2. The van der Waals surface area contributed by atoms with E-state index in [2.05, 4.69) is 20.9 Å². The SMILES string of the molecule is Cc1ccc(-c2nc(CCNC(=O)Nc3cccc(OCC(=O)Nc4ccccc4)c3)co2)cc1. The predicted molar refractivity (Wildman–Crippen MR) is 134 cm³/mol. The highest BCUT2D eigenvalue weighted by Gasteiger charge is 2.09. The summed E-state index contributed by atoms with van der Waals surface area (Å²) < 4.78 is 11.1. The van der Waals surface area contributed by atoms with Gasteiger partial charge in [0.1, 0.15) is 12.0 Å². The van der Waals surface area contributed by atoms with Crippen LogP contribution in [0.25, 0.3) is 11.5 Å². The number of rotatable bonds is 9. The van der Waals surface area contributed by atoms with E-state index in [1.807, 2.05) is 49.4 Å². The van der Waals surface area contributed by atoms with Gasteiger partial charge in [0.2, 0.25) is 5.89 Å². The Bertz CT molecular complexity index is 1270. The van der Waals surface area contributed by atoms with E-state index >= 15 is 0 Å². The summed E-state index contributed by atoms with van der Waals surface area (Å²) in [5.41, 5.74) is 4.08. The molecule has 0 atom stereocenters. The van der Waals surface area contributed by atoms with E-state index in [-0.39, 0.29) is 18.5 Å². The van der Waals surface area contributed by atoms with Crippen LogP contribution in [0.15, 0.2) is 89.5 Å². The molecule has 0 unspecified atom stereocenters. The fraction of sp³-hybridized carbons (Fsp3) is 0.148. The number of urea groups is 1. The standard InChI is InChI=1S/C27H26N4O4/c1-19-10-12-20(13-11-19)26-30-23(17-35-26)14-15-28-27(33)31-22-8-5-9-24(16-22)34-18-25(32)29-21-6-3-2-4-7-21/h2-13,16-17H,14-15,18H2,1H3,(H,29,32)(H2,28,31,33). The maximum Gasteiger partial charge on any atom is 0.319 e. The van der Waals surface area contributed by atoms with Crippen LogP contribution in [-0.2, 0) is 11.2 Å². The van der Waals surface area contributed by atoms with E-state index in [4.69, 9.17) is 9.15 Å². The second-order valence-corrected chi connectivity index (χ2v) is 7.87.